The van der Waals surface area contributed by atoms with Gasteiger partial charge >= 0.3 is 0 Å². The van der Waals surface area contributed by atoms with Gasteiger partial charge in [-0.05, 0) is 37.5 Å². The summed E-state index contributed by atoms with van der Waals surface area (Å²) in [6.07, 6.45) is 5.01. The zero-order chi connectivity index (χ0) is 20.5. The number of hydrogen-bond acceptors (Lipinski definition) is 5. The molecule has 3 atom stereocenters. The van der Waals surface area contributed by atoms with Crippen molar-refractivity contribution < 1.29 is 22.8 Å². The molecule has 3 N–H and O–H groups in total. The Hall–Kier alpha value is -2.52. The molecule has 3 amide bonds. The van der Waals surface area contributed by atoms with Crippen molar-refractivity contribution in [3.05, 3.63) is 42.0 Å². The third-order valence-electron chi connectivity index (χ3n) is 5.25. The molecule has 1 aliphatic heterocycles. The zero-order valence-corrected chi connectivity index (χ0v) is 16.3. The second-order valence-corrected chi connectivity index (χ2v) is 8.70. The van der Waals surface area contributed by atoms with Gasteiger partial charge in [-0.1, -0.05) is 24.3 Å². The number of carbonyl (C=O) groups is 3. The fourth-order valence-corrected chi connectivity index (χ4v) is 4.16. The molecule has 1 fully saturated rings. The molecule has 1 aromatic rings. The van der Waals surface area contributed by atoms with Gasteiger partial charge < -0.3 is 5.32 Å². The van der Waals surface area contributed by atoms with Crippen molar-refractivity contribution in [2.75, 3.05) is 6.54 Å². The van der Waals surface area contributed by atoms with Crippen LogP contribution in [0.15, 0.2) is 41.3 Å². The molecule has 0 radical (unpaired) electrons. The van der Waals surface area contributed by atoms with Gasteiger partial charge in [0.15, 0.2) is 0 Å². The van der Waals surface area contributed by atoms with Crippen LogP contribution in [0.3, 0.4) is 0 Å². The fraction of sp³-hybridized carbons (Fsp3) is 0.421. The molecule has 28 heavy (non-hydrogen) atoms. The van der Waals surface area contributed by atoms with Crippen LogP contribution in [-0.2, 0) is 24.4 Å². The molecule has 0 spiro atoms. The summed E-state index contributed by atoms with van der Waals surface area (Å²) in [5.74, 6) is -1.28. The highest BCUT2D eigenvalue weighted by Crippen LogP contribution is 2.35. The number of nitrogens with two attached hydrogens (primary N) is 1. The number of nitrogens with zero attached hydrogens (tertiary/aromatic N) is 1. The Morgan fingerprint density at radius 2 is 1.68 bits per heavy atom. The summed E-state index contributed by atoms with van der Waals surface area (Å²) in [6, 6.07) is 5.56. The van der Waals surface area contributed by atoms with Crippen molar-refractivity contribution in [3.63, 3.8) is 0 Å². The first-order valence-corrected chi connectivity index (χ1v) is 10.7. The summed E-state index contributed by atoms with van der Waals surface area (Å²) in [6.45, 7) is 1.82. The lowest BCUT2D eigenvalue weighted by Gasteiger charge is -2.17. The Morgan fingerprint density at radius 3 is 2.18 bits per heavy atom. The maximum atomic E-state index is 12.4. The molecule has 3 rings (SSSR count). The van der Waals surface area contributed by atoms with Gasteiger partial charge in [0.05, 0.1) is 22.8 Å². The molecule has 150 valence electrons. The number of likely N-dealkylation sites (tertiary alicyclic amines) is 1. The molecule has 0 bridgehead atoms. The summed E-state index contributed by atoms with van der Waals surface area (Å²) in [5.41, 5.74) is 0.714. The lowest BCUT2D eigenvalue weighted by Crippen LogP contribution is -2.36. The molecule has 0 aromatic heterocycles. The fourth-order valence-electron chi connectivity index (χ4n) is 3.65. The van der Waals surface area contributed by atoms with E-state index in [-0.39, 0.29) is 53.5 Å². The molecule has 1 saturated heterocycles. The number of rotatable bonds is 6. The number of allylic oxidation sites excluding steroid dienone is 2. The molecule has 1 heterocycles. The topological polar surface area (TPSA) is 127 Å². The van der Waals surface area contributed by atoms with Gasteiger partial charge in [0.2, 0.25) is 27.7 Å². The van der Waals surface area contributed by atoms with Crippen molar-refractivity contribution in [1.29, 1.82) is 0 Å². The highest BCUT2D eigenvalue weighted by Gasteiger charge is 2.46. The maximum absolute atomic E-state index is 12.4. The van der Waals surface area contributed by atoms with Crippen LogP contribution in [0.25, 0.3) is 0 Å². The van der Waals surface area contributed by atoms with Crippen molar-refractivity contribution in [2.45, 2.75) is 37.1 Å². The number of nitrogens with one attached hydrogen (secondary N) is 1. The van der Waals surface area contributed by atoms with E-state index in [1.54, 1.807) is 19.1 Å². The van der Waals surface area contributed by atoms with E-state index < -0.39 is 10.0 Å². The van der Waals surface area contributed by atoms with Crippen LogP contribution in [-0.4, -0.2) is 37.6 Å². The standard InChI is InChI=1S/C19H23N3O5S/c1-12(13-6-8-14(9-7-13)28(20,26)27)21-17(23)10-11-22-18(24)15-4-2-3-5-16(15)19(22)25/h2-3,6-9,12,15-16H,4-5,10-11H2,1H3,(H,21,23)(H2,20,26,27)/t12-,15-,16+/m0/s1. The number of primary sulfonamides is 1. The lowest BCUT2D eigenvalue weighted by atomic mass is 9.85. The number of imide groups is 1. The summed E-state index contributed by atoms with van der Waals surface area (Å²) < 4.78 is 22.6. The van der Waals surface area contributed by atoms with E-state index in [0.717, 1.165) is 0 Å². The highest BCUT2D eigenvalue weighted by molar-refractivity contribution is 7.89. The minimum Gasteiger partial charge on any atom is -0.350 e. The maximum Gasteiger partial charge on any atom is 0.238 e. The van der Waals surface area contributed by atoms with Crippen molar-refractivity contribution in [3.8, 4) is 0 Å². The lowest BCUT2D eigenvalue weighted by molar-refractivity contribution is -0.140. The van der Waals surface area contributed by atoms with Crippen molar-refractivity contribution in [1.82, 2.24) is 10.2 Å². The number of sulfonamides is 1. The van der Waals surface area contributed by atoms with Gasteiger partial charge in [0.1, 0.15) is 0 Å². The van der Waals surface area contributed by atoms with Crippen LogP contribution in [0.1, 0.15) is 37.8 Å². The van der Waals surface area contributed by atoms with Crippen LogP contribution in [0, 0.1) is 11.8 Å². The van der Waals surface area contributed by atoms with Gasteiger partial charge in [-0.3, -0.25) is 19.3 Å². The molecule has 0 unspecified atom stereocenters. The van der Waals surface area contributed by atoms with E-state index in [4.69, 9.17) is 5.14 Å². The average molecular weight is 405 g/mol. The van der Waals surface area contributed by atoms with Crippen LogP contribution in [0.5, 0.6) is 0 Å². The Kier molecular flexibility index (Phi) is 5.66. The Labute approximate surface area is 163 Å². The first kappa shape index (κ1) is 20.2. The number of fused-ring (bicyclic) bond motifs is 1. The minimum atomic E-state index is -3.77. The van der Waals surface area contributed by atoms with E-state index in [9.17, 15) is 22.8 Å². The normalized spacial score (nSPS) is 22.9. The minimum absolute atomic E-state index is 0.00297. The van der Waals surface area contributed by atoms with Gasteiger partial charge in [0.25, 0.3) is 0 Å². The van der Waals surface area contributed by atoms with E-state index in [1.165, 1.54) is 17.0 Å². The number of carbonyl (C=O) groups excluding carboxylic acids is 3. The molecular weight excluding hydrogens is 382 g/mol. The molecule has 9 heteroatoms. The van der Waals surface area contributed by atoms with Gasteiger partial charge in [-0.2, -0.15) is 0 Å². The molecule has 0 saturated carbocycles. The molecule has 1 aromatic carbocycles. The predicted octanol–water partition coefficient (Wildman–Crippen LogP) is 0.853. The quantitative estimate of drug-likeness (QED) is 0.536. The molecule has 8 nitrogen and oxygen atoms in total. The summed E-state index contributed by atoms with van der Waals surface area (Å²) in [4.78, 5) is 38.2. The smallest absolute Gasteiger partial charge is 0.238 e. The Morgan fingerprint density at radius 1 is 1.14 bits per heavy atom. The Bertz CT molecular complexity index is 897. The van der Waals surface area contributed by atoms with Crippen LogP contribution in [0.2, 0.25) is 0 Å². The van der Waals surface area contributed by atoms with E-state index in [1.807, 2.05) is 12.2 Å². The zero-order valence-electron chi connectivity index (χ0n) is 15.5. The second kappa shape index (κ2) is 7.84. The van der Waals surface area contributed by atoms with Gasteiger partial charge in [-0.25, -0.2) is 13.6 Å². The first-order chi connectivity index (χ1) is 13.2. The van der Waals surface area contributed by atoms with Gasteiger partial charge in [-0.15, -0.1) is 0 Å². The number of amides is 3. The SMILES string of the molecule is C[C@H](NC(=O)CCN1C(=O)[C@H]2CC=CC[C@H]2C1=O)c1ccc(S(N)(=O)=O)cc1. The van der Waals surface area contributed by atoms with E-state index in [0.29, 0.717) is 18.4 Å². The summed E-state index contributed by atoms with van der Waals surface area (Å²) in [7, 11) is -3.77. The molecular formula is C19H23N3O5S. The highest BCUT2D eigenvalue weighted by atomic mass is 32.2. The van der Waals surface area contributed by atoms with E-state index >= 15 is 0 Å². The average Bonchev–Trinajstić information content (AvgIpc) is 2.90. The largest absolute Gasteiger partial charge is 0.350 e. The molecule has 1 aliphatic carbocycles. The summed E-state index contributed by atoms with van der Waals surface area (Å²) >= 11 is 0. The monoisotopic (exact) mass is 405 g/mol. The van der Waals surface area contributed by atoms with Crippen molar-refractivity contribution in [2.24, 2.45) is 17.0 Å². The van der Waals surface area contributed by atoms with Crippen molar-refractivity contribution >= 4 is 27.7 Å². The second-order valence-electron chi connectivity index (χ2n) is 7.14. The third-order valence-corrected chi connectivity index (χ3v) is 6.18. The first-order valence-electron chi connectivity index (χ1n) is 9.11. The Balaban J connectivity index is 1.54. The molecule has 2 aliphatic rings. The third kappa shape index (κ3) is 4.15. The summed E-state index contributed by atoms with van der Waals surface area (Å²) in [5, 5.41) is 7.86. The van der Waals surface area contributed by atoms with Crippen LogP contribution < -0.4 is 10.5 Å². The number of hydrogen-bond donors (Lipinski definition) is 2. The van der Waals surface area contributed by atoms with Gasteiger partial charge in [0, 0.05) is 13.0 Å². The van der Waals surface area contributed by atoms with Crippen LogP contribution >= 0.6 is 0 Å². The van der Waals surface area contributed by atoms with E-state index in [2.05, 4.69) is 5.32 Å². The predicted molar refractivity (Wildman–Crippen MR) is 101 cm³/mol. The van der Waals surface area contributed by atoms with Crippen LogP contribution in [0.4, 0.5) is 0 Å². The number of benzene rings is 1.